The third-order valence-electron chi connectivity index (χ3n) is 13.7. The fraction of sp³-hybridized carbons (Fsp3) is 0.263. The van der Waals surface area contributed by atoms with E-state index in [1.54, 1.807) is 0 Å². The highest BCUT2D eigenvalue weighted by Crippen LogP contribution is 2.32. The van der Waals surface area contributed by atoms with Crippen LogP contribution in [0.1, 0.15) is 38.9 Å². The average molecular weight is 1510 g/mol. The number of rotatable bonds is 32. The van der Waals surface area contributed by atoms with Gasteiger partial charge in [-0.2, -0.15) is 0 Å². The molecule has 0 fully saturated rings. The standard InChI is InChI=1S/C50H60Cl6O13Si6.C7H6Cl4Si/c1-57-70(58-2,45-21-9-39(33-51)10-22-45)65-72(61-5,47-25-13-41(35-53)14-26-47)67-74(63-7,49-29-17-43(37-55)18-30-49)69-75(64-8,50-31-19-44(38-56)20-32-50)68-73(62-6,48-27-15-42(36-54)16-28-48)66-71(59-3,60-4)46-23-11-40(34-52)12-24-46;8-5-6-1-3-7(4-2-6)12(9,10)11/h9-32H,33-38H2,1-8H3;1-4H,5H2. The van der Waals surface area contributed by atoms with Crippen molar-refractivity contribution in [2.45, 2.75) is 41.2 Å². The quantitative estimate of drug-likeness (QED) is 0.0226. The molecule has 30 heteroatoms. The summed E-state index contributed by atoms with van der Waals surface area (Å²) in [6.07, 6.45) is 0. The molecule has 0 spiro atoms. The van der Waals surface area contributed by atoms with Gasteiger partial charge >= 0.3 is 58.8 Å². The smallest absolute Gasteiger partial charge is 0.374 e. The van der Waals surface area contributed by atoms with Crippen LogP contribution in [0.25, 0.3) is 0 Å². The predicted molar refractivity (Wildman–Crippen MR) is 369 cm³/mol. The minimum absolute atomic E-state index is 0.211. The first-order valence-corrected chi connectivity index (χ1v) is 45.5. The molecule has 0 heterocycles. The molecule has 0 aliphatic rings. The SMILES string of the molecule is CO[Si](OC)(O[Si](OC)(O[Si](OC)(O[Si](OC)(O[Si](OC)(O[Si](OC)(OC)c1ccc(CCl)cc1)c1ccc(CCl)cc1)c1ccc(CCl)cc1)c1ccc(CCl)cc1)c1ccc(CCl)cc1)c1ccc(CCl)cc1.ClCc1ccc([Si](Cl)(Cl)Cl)cc1. The minimum atomic E-state index is -4.77. The zero-order valence-electron chi connectivity index (χ0n) is 48.7. The van der Waals surface area contributed by atoms with Crippen molar-refractivity contribution in [2.24, 2.45) is 0 Å². The third-order valence-corrected chi connectivity index (χ3v) is 40.1. The fourth-order valence-electron chi connectivity index (χ4n) is 8.74. The van der Waals surface area contributed by atoms with Crippen LogP contribution in [0.5, 0.6) is 0 Å². The highest BCUT2D eigenvalue weighted by molar-refractivity contribution is 7.69. The van der Waals surface area contributed by atoms with Gasteiger partial charge in [-0.15, -0.1) is 114 Å². The van der Waals surface area contributed by atoms with Crippen LogP contribution in [0.2, 0.25) is 0 Å². The van der Waals surface area contributed by atoms with Crippen LogP contribution in [-0.4, -0.2) is 116 Å². The van der Waals surface area contributed by atoms with E-state index in [0.717, 1.165) is 44.1 Å². The van der Waals surface area contributed by atoms with Crippen molar-refractivity contribution < 1.29 is 56.0 Å². The Morgan fingerprint density at radius 3 is 0.460 bits per heavy atom. The monoisotopic (exact) mass is 1500 g/mol. The first-order chi connectivity index (χ1) is 41.8. The number of hydrogen-bond acceptors (Lipinski definition) is 13. The van der Waals surface area contributed by atoms with E-state index in [-0.39, 0.29) is 35.3 Å². The number of alkyl halides is 7. The molecule has 7 aromatic carbocycles. The Kier molecular flexibility index (Phi) is 29.6. The van der Waals surface area contributed by atoms with E-state index in [1.807, 2.05) is 170 Å². The van der Waals surface area contributed by atoms with Crippen molar-refractivity contribution in [1.29, 1.82) is 0 Å². The second-order valence-corrected chi connectivity index (χ2v) is 46.6. The van der Waals surface area contributed by atoms with Crippen molar-refractivity contribution in [3.05, 3.63) is 209 Å². The molecule has 87 heavy (non-hydrogen) atoms. The summed E-state index contributed by atoms with van der Waals surface area (Å²) in [4.78, 5) is 0. The molecule has 0 radical (unpaired) electrons. The van der Waals surface area contributed by atoms with E-state index in [9.17, 15) is 0 Å². The van der Waals surface area contributed by atoms with Crippen LogP contribution in [0, 0.1) is 0 Å². The van der Waals surface area contributed by atoms with Gasteiger partial charge in [0.1, 0.15) is 0 Å². The molecule has 0 aromatic heterocycles. The van der Waals surface area contributed by atoms with Gasteiger partial charge in [0.2, 0.25) is 0 Å². The molecule has 0 bridgehead atoms. The molecule has 0 saturated carbocycles. The summed E-state index contributed by atoms with van der Waals surface area (Å²) >= 11 is 61.1. The van der Waals surface area contributed by atoms with Gasteiger partial charge in [0.05, 0.1) is 0 Å². The van der Waals surface area contributed by atoms with Crippen molar-refractivity contribution in [3.63, 3.8) is 0 Å². The van der Waals surface area contributed by atoms with Crippen LogP contribution >= 0.6 is 114 Å². The predicted octanol–water partition coefficient (Wildman–Crippen LogP) is 11.0. The molecule has 4 unspecified atom stereocenters. The molecule has 4 atom stereocenters. The Hall–Kier alpha value is -1.56. The maximum absolute atomic E-state index is 7.79. The van der Waals surface area contributed by atoms with E-state index in [4.69, 9.17) is 170 Å². The van der Waals surface area contributed by atoms with Crippen molar-refractivity contribution >= 4 is 210 Å². The van der Waals surface area contributed by atoms with Gasteiger partial charge in [-0.05, 0) is 44.1 Å². The van der Waals surface area contributed by atoms with Crippen LogP contribution in [-0.2, 0) is 97.1 Å². The lowest BCUT2D eigenvalue weighted by molar-refractivity contribution is 0.0756. The molecule has 470 valence electrons. The summed E-state index contributed by atoms with van der Waals surface area (Å²) in [6.45, 7) is 0. The normalized spacial score (nSPS) is 14.9. The Morgan fingerprint density at radius 1 is 0.207 bits per heavy atom. The van der Waals surface area contributed by atoms with Crippen LogP contribution in [0.15, 0.2) is 170 Å². The highest BCUT2D eigenvalue weighted by atomic mass is 35.8. The Bertz CT molecular complexity index is 3010. The Balaban J connectivity index is 0.000000897. The molecule has 0 N–H and O–H groups in total. The van der Waals surface area contributed by atoms with Gasteiger partial charge in [-0.1, -0.05) is 170 Å². The lowest BCUT2D eigenvalue weighted by Crippen LogP contribution is -2.79. The van der Waals surface area contributed by atoms with Gasteiger partial charge in [0.25, 0.3) is 0 Å². The Morgan fingerprint density at radius 2 is 0.333 bits per heavy atom. The summed E-state index contributed by atoms with van der Waals surface area (Å²) in [5.74, 6) is 1.94. The molecule has 0 amide bonds. The average Bonchev–Trinajstić information content (AvgIpc) is 0.888. The van der Waals surface area contributed by atoms with E-state index in [1.165, 1.54) is 56.9 Å². The molecular weight excluding hydrogens is 1440 g/mol. The van der Waals surface area contributed by atoms with Gasteiger partial charge in [-0.3, -0.25) is 0 Å². The molecule has 13 nitrogen and oxygen atoms in total. The van der Waals surface area contributed by atoms with Crippen LogP contribution < -0.4 is 36.3 Å². The van der Waals surface area contributed by atoms with Crippen molar-refractivity contribution in [1.82, 2.24) is 0 Å². The van der Waals surface area contributed by atoms with Crippen molar-refractivity contribution in [3.8, 4) is 0 Å². The minimum Gasteiger partial charge on any atom is -0.374 e. The maximum atomic E-state index is 7.79. The summed E-state index contributed by atoms with van der Waals surface area (Å²) in [6, 6.07) is 48.9. The first-order valence-electron chi connectivity index (χ1n) is 26.4. The fourth-order valence-corrected chi connectivity index (χ4v) is 35.3. The van der Waals surface area contributed by atoms with Crippen LogP contribution in [0.4, 0.5) is 0 Å². The van der Waals surface area contributed by atoms with Crippen LogP contribution in [0.3, 0.4) is 0 Å². The lowest BCUT2D eigenvalue weighted by Gasteiger charge is -2.45. The number of benzene rings is 7. The summed E-state index contributed by atoms with van der Waals surface area (Å²) in [5.41, 5.74) is 6.01. The zero-order chi connectivity index (χ0) is 63.5. The topological polar surface area (TPSA) is 120 Å². The van der Waals surface area contributed by atoms with E-state index in [2.05, 4.69) is 0 Å². The molecule has 0 saturated heterocycles. The summed E-state index contributed by atoms with van der Waals surface area (Å²) < 4.78 is 90.5. The number of halogens is 10. The second-order valence-electron chi connectivity index (χ2n) is 18.8. The van der Waals surface area contributed by atoms with Gasteiger partial charge in [0.15, 0.2) is 0 Å². The largest absolute Gasteiger partial charge is 0.529 e. The zero-order valence-corrected chi connectivity index (χ0v) is 63.3. The summed E-state index contributed by atoms with van der Waals surface area (Å²) in [5, 5.41) is 3.80. The van der Waals surface area contributed by atoms with E-state index >= 15 is 0 Å². The Labute approximate surface area is 567 Å². The maximum Gasteiger partial charge on any atom is 0.529 e. The number of hydrogen-bond donors (Lipinski definition) is 0. The molecular formula is C57H66Cl10O13Si7. The highest BCUT2D eigenvalue weighted by Gasteiger charge is 2.68. The third kappa shape index (κ3) is 18.0. The van der Waals surface area contributed by atoms with Gasteiger partial charge in [0, 0.05) is 129 Å². The summed E-state index contributed by atoms with van der Waals surface area (Å²) in [7, 11) is -14.9. The second kappa shape index (κ2) is 34.6. The van der Waals surface area contributed by atoms with Crippen molar-refractivity contribution in [2.75, 3.05) is 56.9 Å². The van der Waals surface area contributed by atoms with E-state index < -0.39 is 58.8 Å². The lowest BCUT2D eigenvalue weighted by atomic mass is 10.2. The molecule has 0 aliphatic carbocycles. The first kappa shape index (κ1) is 74.5. The molecule has 7 aromatic rings. The molecule has 0 aliphatic heterocycles. The van der Waals surface area contributed by atoms with E-state index in [0.29, 0.717) is 37.0 Å². The molecule has 7 rings (SSSR count). The van der Waals surface area contributed by atoms with Gasteiger partial charge < -0.3 is 56.0 Å². The van der Waals surface area contributed by atoms with Gasteiger partial charge in [-0.25, -0.2) is 0 Å².